The summed E-state index contributed by atoms with van der Waals surface area (Å²) in [5.74, 6) is -2.24. The third-order valence-electron chi connectivity index (χ3n) is 1.15. The highest BCUT2D eigenvalue weighted by Gasteiger charge is 2.06. The molecule has 0 rings (SSSR count). The van der Waals surface area contributed by atoms with Crippen LogP contribution in [-0.2, 0) is 18.7 Å². The summed E-state index contributed by atoms with van der Waals surface area (Å²) in [5.41, 5.74) is 4.51. The fraction of sp³-hybridized carbons (Fsp3) is 0.714. The number of rotatable bonds is 4. The van der Waals surface area contributed by atoms with Gasteiger partial charge in [0.2, 0.25) is 0 Å². The Labute approximate surface area is 88.9 Å². The second kappa shape index (κ2) is 11.2. The summed E-state index contributed by atoms with van der Waals surface area (Å²) in [6.07, 6.45) is 2.64. The van der Waals surface area contributed by atoms with Crippen LogP contribution in [-0.4, -0.2) is 23.4 Å². The lowest BCUT2D eigenvalue weighted by Gasteiger charge is -1.99. The molecule has 0 heterocycles. The van der Waals surface area contributed by atoms with Gasteiger partial charge in [-0.25, -0.2) is 0 Å². The minimum atomic E-state index is -3.07. The van der Waals surface area contributed by atoms with Crippen molar-refractivity contribution in [3.8, 4) is 0 Å². The summed E-state index contributed by atoms with van der Waals surface area (Å²) >= 11 is 0. The molecule has 0 aliphatic carbocycles. The van der Waals surface area contributed by atoms with E-state index in [2.05, 4.69) is 24.1 Å². The Bertz CT molecular complexity index is 219. The average Bonchev–Trinajstić information content (AvgIpc) is 2.17. The van der Waals surface area contributed by atoms with Gasteiger partial charge < -0.3 is 15.9 Å². The molecule has 15 heavy (non-hydrogen) atoms. The molecular weight excluding hydrogens is 223 g/mol. The summed E-state index contributed by atoms with van der Waals surface area (Å²) in [7, 11) is -3.07. The molecule has 0 aromatic carbocycles. The van der Waals surface area contributed by atoms with Gasteiger partial charge in [0.1, 0.15) is 6.73 Å². The molecule has 0 spiro atoms. The van der Waals surface area contributed by atoms with E-state index in [9.17, 15) is 14.2 Å². The molecule has 90 valence electrons. The Balaban J connectivity index is 0. The third kappa shape index (κ3) is 15.8. The summed E-state index contributed by atoms with van der Waals surface area (Å²) in [4.78, 5) is 28.3. The van der Waals surface area contributed by atoms with Crippen LogP contribution in [0.2, 0.25) is 0 Å². The van der Waals surface area contributed by atoms with Gasteiger partial charge in [-0.2, -0.15) is 0 Å². The highest BCUT2D eigenvalue weighted by molar-refractivity contribution is 7.32. The van der Waals surface area contributed by atoms with E-state index in [-0.39, 0.29) is 0 Å². The second-order valence-electron chi connectivity index (χ2n) is 2.42. The van der Waals surface area contributed by atoms with Crippen molar-refractivity contribution >= 4 is 20.1 Å². The van der Waals surface area contributed by atoms with Crippen LogP contribution < -0.4 is 11.1 Å². The van der Waals surface area contributed by atoms with E-state index in [4.69, 9.17) is 4.89 Å². The van der Waals surface area contributed by atoms with Gasteiger partial charge in [-0.1, -0.05) is 26.7 Å². The third-order valence-corrected chi connectivity index (χ3v) is 1.54. The molecule has 1 atom stereocenters. The Morgan fingerprint density at radius 1 is 1.40 bits per heavy atom. The quantitative estimate of drug-likeness (QED) is 0.355. The predicted octanol–water partition coefficient (Wildman–Crippen LogP) is -0.250. The molecule has 4 N–H and O–H groups in total. The Kier molecular flexibility index (Phi) is 12.3. The molecule has 0 aliphatic heterocycles. The van der Waals surface area contributed by atoms with Crippen molar-refractivity contribution in [2.24, 2.45) is 5.73 Å². The minimum absolute atomic E-state index is 0.504. The van der Waals surface area contributed by atoms with Gasteiger partial charge in [0.15, 0.2) is 0 Å². The number of unbranched alkanes of at least 4 members (excludes halogenated alkanes) is 1. The number of carbonyl (C=O) groups is 2. The lowest BCUT2D eigenvalue weighted by atomic mass is 10.4. The Morgan fingerprint density at radius 2 is 1.87 bits per heavy atom. The molecule has 0 aliphatic rings. The lowest BCUT2D eigenvalue weighted by molar-refractivity contribution is -0.137. The second-order valence-corrected chi connectivity index (χ2v) is 3.25. The number of primary amides is 1. The molecule has 0 aromatic rings. The largest absolute Gasteiger partial charge is 0.361 e. The number of hydrogen-bond donors (Lipinski definition) is 3. The van der Waals surface area contributed by atoms with E-state index in [1.807, 2.05) is 5.32 Å². The van der Waals surface area contributed by atoms with Crippen molar-refractivity contribution in [2.75, 3.05) is 6.73 Å². The number of amides is 2. The van der Waals surface area contributed by atoms with E-state index in [0.717, 1.165) is 0 Å². The van der Waals surface area contributed by atoms with Crippen LogP contribution in [0, 0.1) is 0 Å². The number of nitrogens with two attached hydrogens (primary N) is 1. The Morgan fingerprint density at radius 3 is 2.13 bits per heavy atom. The maximum absolute atomic E-state index is 10.3. The predicted molar refractivity (Wildman–Crippen MR) is 55.1 cm³/mol. The van der Waals surface area contributed by atoms with Crippen LogP contribution >= 0.6 is 8.25 Å². The van der Waals surface area contributed by atoms with Crippen molar-refractivity contribution in [3.05, 3.63) is 0 Å². The van der Waals surface area contributed by atoms with Gasteiger partial charge in [-0.05, 0) is 0 Å². The van der Waals surface area contributed by atoms with Crippen molar-refractivity contribution in [2.45, 2.75) is 26.7 Å². The van der Waals surface area contributed by atoms with Gasteiger partial charge in [0.25, 0.3) is 0 Å². The summed E-state index contributed by atoms with van der Waals surface area (Å²) in [5, 5.41) is 1.84. The molecule has 0 bridgehead atoms. The molecule has 0 aromatic heterocycles. The first-order valence-corrected chi connectivity index (χ1v) is 5.65. The van der Waals surface area contributed by atoms with E-state index < -0.39 is 26.8 Å². The fourth-order valence-electron chi connectivity index (χ4n) is 0.250. The number of nitrogens with one attached hydrogen (secondary N) is 1. The first-order chi connectivity index (χ1) is 6.95. The highest BCUT2D eigenvalue weighted by Crippen LogP contribution is 2.11. The number of carbonyl (C=O) groups excluding carboxylic acids is 2. The summed E-state index contributed by atoms with van der Waals surface area (Å²) in [6, 6.07) is 0. The highest BCUT2D eigenvalue weighted by atomic mass is 31.1. The van der Waals surface area contributed by atoms with Crippen molar-refractivity contribution in [1.82, 2.24) is 5.32 Å². The molecule has 2 amide bonds. The zero-order valence-corrected chi connectivity index (χ0v) is 9.78. The summed E-state index contributed by atoms with van der Waals surface area (Å²) in [6.45, 7) is 3.86. The van der Waals surface area contributed by atoms with Crippen LogP contribution in [0.15, 0.2) is 0 Å². The normalized spacial score (nSPS) is 10.9. The maximum Gasteiger partial charge on any atom is 0.318 e. The summed E-state index contributed by atoms with van der Waals surface area (Å²) < 4.78 is 13.9. The van der Waals surface area contributed by atoms with Crippen LogP contribution in [0.3, 0.4) is 0 Å². The SMILES string of the molecule is CCCC.NC(=O)C(=O)NCO[PH](=O)O. The fourth-order valence-corrected chi connectivity index (χ4v) is 0.446. The van der Waals surface area contributed by atoms with E-state index in [1.54, 1.807) is 0 Å². The van der Waals surface area contributed by atoms with Crippen LogP contribution in [0.25, 0.3) is 0 Å². The topological polar surface area (TPSA) is 119 Å². The molecular formula is C7H17N2O5P. The van der Waals surface area contributed by atoms with Crippen LogP contribution in [0.4, 0.5) is 0 Å². The Hall–Kier alpha value is -0.910. The molecule has 7 nitrogen and oxygen atoms in total. The molecule has 0 saturated heterocycles. The van der Waals surface area contributed by atoms with Gasteiger partial charge in [0, 0.05) is 0 Å². The van der Waals surface area contributed by atoms with Gasteiger partial charge in [-0.15, -0.1) is 0 Å². The lowest BCUT2D eigenvalue weighted by Crippen LogP contribution is -2.36. The molecule has 0 fully saturated rings. The van der Waals surface area contributed by atoms with Crippen molar-refractivity contribution in [3.63, 3.8) is 0 Å². The minimum Gasteiger partial charge on any atom is -0.361 e. The van der Waals surface area contributed by atoms with Gasteiger partial charge >= 0.3 is 20.1 Å². The van der Waals surface area contributed by atoms with Gasteiger partial charge in [-0.3, -0.25) is 18.7 Å². The molecule has 8 heteroatoms. The number of hydrogen-bond acceptors (Lipinski definition) is 4. The molecule has 0 radical (unpaired) electrons. The average molecular weight is 240 g/mol. The zero-order valence-electron chi connectivity index (χ0n) is 8.78. The first kappa shape index (κ1) is 16.5. The van der Waals surface area contributed by atoms with Gasteiger partial charge in [0.05, 0.1) is 0 Å². The standard InChI is InChI=1S/C4H10.C3H7N2O5P/c1-3-4-2;4-2(6)3(7)5-1-10-11(8)9/h3-4H2,1-2H3;11H,1H2,(H2,4,6)(H,5,7)(H,8,9). The zero-order chi connectivity index (χ0) is 12.3. The molecule has 0 saturated carbocycles. The smallest absolute Gasteiger partial charge is 0.318 e. The molecule has 1 unspecified atom stereocenters. The van der Waals surface area contributed by atoms with E-state index in [1.165, 1.54) is 12.8 Å². The van der Waals surface area contributed by atoms with Crippen molar-refractivity contribution in [1.29, 1.82) is 0 Å². The monoisotopic (exact) mass is 240 g/mol. The maximum atomic E-state index is 10.3. The van der Waals surface area contributed by atoms with Crippen LogP contribution in [0.5, 0.6) is 0 Å². The van der Waals surface area contributed by atoms with E-state index in [0.29, 0.717) is 0 Å². The van der Waals surface area contributed by atoms with Crippen molar-refractivity contribution < 1.29 is 23.6 Å². The first-order valence-electron chi connectivity index (χ1n) is 4.39. The van der Waals surface area contributed by atoms with Crippen LogP contribution in [0.1, 0.15) is 26.7 Å². The van der Waals surface area contributed by atoms with E-state index >= 15 is 0 Å².